The molecule has 0 spiro atoms. The van der Waals surface area contributed by atoms with Gasteiger partial charge in [0.1, 0.15) is 17.1 Å². The van der Waals surface area contributed by atoms with Crippen molar-refractivity contribution in [1.82, 2.24) is 20.0 Å². The van der Waals surface area contributed by atoms with Crippen LogP contribution in [-0.4, -0.2) is 20.0 Å². The SMILES string of the molecule is CCC(Cl)c1cn(Cc2ncoc2C)nn1. The molecule has 0 saturated heterocycles. The van der Waals surface area contributed by atoms with Crippen LogP contribution in [0.2, 0.25) is 0 Å². The summed E-state index contributed by atoms with van der Waals surface area (Å²) in [5.74, 6) is 0.801. The Morgan fingerprint density at radius 3 is 3.00 bits per heavy atom. The van der Waals surface area contributed by atoms with Crippen molar-refractivity contribution in [1.29, 1.82) is 0 Å². The minimum Gasteiger partial charge on any atom is -0.448 e. The van der Waals surface area contributed by atoms with Gasteiger partial charge in [-0.15, -0.1) is 16.7 Å². The molecule has 0 aliphatic carbocycles. The minimum absolute atomic E-state index is 0.0767. The molecule has 0 radical (unpaired) electrons. The number of hydrogen-bond donors (Lipinski definition) is 0. The predicted octanol–water partition coefficient (Wildman–Crippen LogP) is 2.31. The summed E-state index contributed by atoms with van der Waals surface area (Å²) in [7, 11) is 0. The van der Waals surface area contributed by atoms with Crippen molar-refractivity contribution in [2.24, 2.45) is 0 Å². The number of oxazole rings is 1. The Morgan fingerprint density at radius 1 is 1.56 bits per heavy atom. The highest BCUT2D eigenvalue weighted by Crippen LogP contribution is 2.20. The number of nitrogens with zero attached hydrogens (tertiary/aromatic N) is 4. The van der Waals surface area contributed by atoms with E-state index in [0.29, 0.717) is 6.54 Å². The summed E-state index contributed by atoms with van der Waals surface area (Å²) in [5, 5.41) is 7.94. The van der Waals surface area contributed by atoms with E-state index < -0.39 is 0 Å². The average molecular weight is 241 g/mol. The standard InChI is InChI=1S/C10H13ClN4O/c1-3-8(11)10-5-15(14-13-10)4-9-7(2)16-6-12-9/h5-6,8H,3-4H2,1-2H3. The summed E-state index contributed by atoms with van der Waals surface area (Å²) in [6, 6.07) is 0. The van der Waals surface area contributed by atoms with Gasteiger partial charge in [0, 0.05) is 0 Å². The topological polar surface area (TPSA) is 56.7 Å². The molecular weight excluding hydrogens is 228 g/mol. The Labute approximate surface area is 98.4 Å². The molecule has 0 amide bonds. The summed E-state index contributed by atoms with van der Waals surface area (Å²) >= 11 is 6.07. The molecule has 6 heteroatoms. The van der Waals surface area contributed by atoms with Crippen LogP contribution in [0.1, 0.15) is 35.9 Å². The lowest BCUT2D eigenvalue weighted by Gasteiger charge is -1.99. The first-order chi connectivity index (χ1) is 7.70. The molecule has 0 aromatic carbocycles. The van der Waals surface area contributed by atoms with Crippen LogP contribution in [0.15, 0.2) is 17.0 Å². The number of aryl methyl sites for hydroxylation is 1. The normalized spacial score (nSPS) is 12.9. The lowest BCUT2D eigenvalue weighted by atomic mass is 10.3. The summed E-state index contributed by atoms with van der Waals surface area (Å²) < 4.78 is 6.83. The number of alkyl halides is 1. The molecule has 0 bridgehead atoms. The molecule has 0 aliphatic heterocycles. The van der Waals surface area contributed by atoms with Gasteiger partial charge in [-0.05, 0) is 13.3 Å². The predicted molar refractivity (Wildman–Crippen MR) is 59.2 cm³/mol. The quantitative estimate of drug-likeness (QED) is 0.770. The summed E-state index contributed by atoms with van der Waals surface area (Å²) in [6.07, 6.45) is 4.11. The highest BCUT2D eigenvalue weighted by molar-refractivity contribution is 6.20. The molecule has 0 N–H and O–H groups in total. The first-order valence-corrected chi connectivity index (χ1v) is 5.57. The van der Waals surface area contributed by atoms with Crippen LogP contribution >= 0.6 is 11.6 Å². The fourth-order valence-corrected chi connectivity index (χ4v) is 1.48. The molecule has 2 heterocycles. The second-order valence-electron chi connectivity index (χ2n) is 3.57. The maximum absolute atomic E-state index is 6.07. The van der Waals surface area contributed by atoms with Crippen LogP contribution in [0.4, 0.5) is 0 Å². The monoisotopic (exact) mass is 240 g/mol. The van der Waals surface area contributed by atoms with E-state index in [2.05, 4.69) is 15.3 Å². The van der Waals surface area contributed by atoms with Gasteiger partial charge in [0.05, 0.1) is 18.1 Å². The Balaban J connectivity index is 2.11. The van der Waals surface area contributed by atoms with Crippen LogP contribution in [0.5, 0.6) is 0 Å². The fourth-order valence-electron chi connectivity index (χ4n) is 1.38. The molecule has 0 fully saturated rings. The van der Waals surface area contributed by atoms with Gasteiger partial charge in [-0.3, -0.25) is 0 Å². The van der Waals surface area contributed by atoms with Gasteiger partial charge in [-0.25, -0.2) is 9.67 Å². The Bertz CT molecular complexity index is 465. The van der Waals surface area contributed by atoms with Crippen molar-refractivity contribution in [3.8, 4) is 0 Å². The second kappa shape index (κ2) is 4.65. The van der Waals surface area contributed by atoms with Crippen molar-refractivity contribution in [2.45, 2.75) is 32.2 Å². The van der Waals surface area contributed by atoms with E-state index in [4.69, 9.17) is 16.0 Å². The van der Waals surface area contributed by atoms with Crippen molar-refractivity contribution >= 4 is 11.6 Å². The molecule has 0 aliphatic rings. The van der Waals surface area contributed by atoms with Gasteiger partial charge in [0.15, 0.2) is 6.39 Å². The first kappa shape index (κ1) is 11.1. The maximum Gasteiger partial charge on any atom is 0.181 e. The van der Waals surface area contributed by atoms with Gasteiger partial charge < -0.3 is 4.42 Å². The van der Waals surface area contributed by atoms with E-state index in [0.717, 1.165) is 23.6 Å². The summed E-state index contributed by atoms with van der Waals surface area (Å²) in [5.41, 5.74) is 1.66. The Morgan fingerprint density at radius 2 is 2.38 bits per heavy atom. The molecule has 1 atom stereocenters. The molecule has 2 aromatic rings. The number of rotatable bonds is 4. The Hall–Kier alpha value is -1.36. The molecule has 0 saturated carbocycles. The number of halogens is 1. The van der Waals surface area contributed by atoms with Crippen molar-refractivity contribution < 1.29 is 4.42 Å². The second-order valence-corrected chi connectivity index (χ2v) is 4.10. The van der Waals surface area contributed by atoms with Crippen molar-refractivity contribution in [2.75, 3.05) is 0 Å². The number of hydrogen-bond acceptors (Lipinski definition) is 4. The van der Waals surface area contributed by atoms with E-state index in [1.807, 2.05) is 20.0 Å². The smallest absolute Gasteiger partial charge is 0.181 e. The van der Waals surface area contributed by atoms with E-state index in [1.54, 1.807) is 4.68 Å². The summed E-state index contributed by atoms with van der Waals surface area (Å²) in [6.45, 7) is 4.44. The van der Waals surface area contributed by atoms with Crippen LogP contribution in [-0.2, 0) is 6.54 Å². The molecule has 2 rings (SSSR count). The average Bonchev–Trinajstić information content (AvgIpc) is 2.89. The van der Waals surface area contributed by atoms with Crippen LogP contribution in [0.25, 0.3) is 0 Å². The van der Waals surface area contributed by atoms with E-state index in [-0.39, 0.29) is 5.38 Å². The van der Waals surface area contributed by atoms with Gasteiger partial charge >= 0.3 is 0 Å². The Kier molecular flexibility index (Phi) is 3.24. The van der Waals surface area contributed by atoms with E-state index in [9.17, 15) is 0 Å². The van der Waals surface area contributed by atoms with Crippen LogP contribution in [0, 0.1) is 6.92 Å². The third kappa shape index (κ3) is 2.24. The molecular formula is C10H13ClN4O. The molecule has 5 nitrogen and oxygen atoms in total. The lowest BCUT2D eigenvalue weighted by Crippen LogP contribution is -2.01. The third-order valence-electron chi connectivity index (χ3n) is 2.39. The van der Waals surface area contributed by atoms with Gasteiger partial charge in [-0.2, -0.15) is 0 Å². The van der Waals surface area contributed by atoms with Crippen LogP contribution < -0.4 is 0 Å². The lowest BCUT2D eigenvalue weighted by molar-refractivity contribution is 0.521. The fraction of sp³-hybridized carbons (Fsp3) is 0.500. The van der Waals surface area contributed by atoms with Gasteiger partial charge in [-0.1, -0.05) is 12.1 Å². The van der Waals surface area contributed by atoms with Crippen molar-refractivity contribution in [3.63, 3.8) is 0 Å². The zero-order valence-electron chi connectivity index (χ0n) is 9.22. The molecule has 2 aromatic heterocycles. The van der Waals surface area contributed by atoms with Crippen molar-refractivity contribution in [3.05, 3.63) is 29.7 Å². The maximum atomic E-state index is 6.07. The largest absolute Gasteiger partial charge is 0.448 e. The highest BCUT2D eigenvalue weighted by atomic mass is 35.5. The first-order valence-electron chi connectivity index (χ1n) is 5.13. The highest BCUT2D eigenvalue weighted by Gasteiger charge is 2.11. The zero-order valence-corrected chi connectivity index (χ0v) is 9.98. The van der Waals surface area contributed by atoms with Gasteiger partial charge in [0.2, 0.25) is 0 Å². The third-order valence-corrected chi connectivity index (χ3v) is 2.92. The van der Waals surface area contributed by atoms with Crippen LogP contribution in [0.3, 0.4) is 0 Å². The van der Waals surface area contributed by atoms with Gasteiger partial charge in [0.25, 0.3) is 0 Å². The molecule has 86 valence electrons. The summed E-state index contributed by atoms with van der Waals surface area (Å²) in [4.78, 5) is 4.10. The number of aromatic nitrogens is 4. The zero-order chi connectivity index (χ0) is 11.5. The minimum atomic E-state index is -0.0767. The molecule has 16 heavy (non-hydrogen) atoms. The van der Waals surface area contributed by atoms with E-state index >= 15 is 0 Å². The molecule has 1 unspecified atom stereocenters. The van der Waals surface area contributed by atoms with E-state index in [1.165, 1.54) is 6.39 Å².